The first-order chi connectivity index (χ1) is 9.83. The van der Waals surface area contributed by atoms with E-state index in [1.54, 1.807) is 11.3 Å². The molecular weight excluding hydrogens is 306 g/mol. The molecule has 106 valence electrons. The molecule has 0 fully saturated rings. The first kappa shape index (κ1) is 14.5. The van der Waals surface area contributed by atoms with Crippen LogP contribution in [0.15, 0.2) is 41.3 Å². The van der Waals surface area contributed by atoms with Crippen molar-refractivity contribution in [3.8, 4) is 0 Å². The fraction of sp³-hybridized carbons (Fsp3) is 0.375. The Bertz CT molecular complexity index is 553. The average Bonchev–Trinajstić information content (AvgIpc) is 2.86. The Morgan fingerprint density at radius 1 is 1.30 bits per heavy atom. The molecule has 1 heterocycles. The summed E-state index contributed by atoms with van der Waals surface area (Å²) in [6.45, 7) is 1.04. The van der Waals surface area contributed by atoms with Gasteiger partial charge in [-0.2, -0.15) is 0 Å². The summed E-state index contributed by atoms with van der Waals surface area (Å²) in [5.41, 5.74) is 1.44. The number of thioether (sulfide) groups is 1. The normalized spacial score (nSPS) is 17.9. The number of fused-ring (bicyclic) bond motifs is 1. The van der Waals surface area contributed by atoms with Crippen LogP contribution in [0.5, 0.6) is 0 Å². The molecule has 0 saturated heterocycles. The third-order valence-electron chi connectivity index (χ3n) is 3.59. The van der Waals surface area contributed by atoms with E-state index in [0.29, 0.717) is 6.04 Å². The van der Waals surface area contributed by atoms with E-state index in [4.69, 9.17) is 11.6 Å². The lowest BCUT2D eigenvalue weighted by Crippen LogP contribution is -2.26. The van der Waals surface area contributed by atoms with E-state index >= 15 is 0 Å². The zero-order valence-electron chi connectivity index (χ0n) is 11.3. The maximum Gasteiger partial charge on any atom is 0.0934 e. The molecule has 0 spiro atoms. The van der Waals surface area contributed by atoms with Crippen molar-refractivity contribution in [2.24, 2.45) is 0 Å². The first-order valence-corrected chi connectivity index (χ1v) is 9.20. The van der Waals surface area contributed by atoms with E-state index in [9.17, 15) is 0 Å². The molecule has 0 bridgehead atoms. The second-order valence-electron chi connectivity index (χ2n) is 4.99. The van der Waals surface area contributed by atoms with Gasteiger partial charge in [0, 0.05) is 28.1 Å². The standard InChI is InChI=1S/C16H18ClNS2/c17-16-11-13-14(7-4-8-15(13)20-16)18-9-10-19-12-5-2-1-3-6-12/h1-3,5-6,11,14,18H,4,7-10H2. The Morgan fingerprint density at radius 2 is 2.15 bits per heavy atom. The molecule has 1 nitrogen and oxygen atoms in total. The third-order valence-corrected chi connectivity index (χ3v) is 5.94. The average molecular weight is 324 g/mol. The molecule has 1 aliphatic rings. The van der Waals surface area contributed by atoms with Gasteiger partial charge in [0.2, 0.25) is 0 Å². The molecule has 3 rings (SSSR count). The minimum absolute atomic E-state index is 0.499. The summed E-state index contributed by atoms with van der Waals surface area (Å²) >= 11 is 9.80. The molecule has 1 N–H and O–H groups in total. The van der Waals surface area contributed by atoms with Gasteiger partial charge in [0.1, 0.15) is 0 Å². The van der Waals surface area contributed by atoms with E-state index in [1.807, 2.05) is 11.8 Å². The van der Waals surface area contributed by atoms with Gasteiger partial charge in [0.05, 0.1) is 4.34 Å². The van der Waals surface area contributed by atoms with Gasteiger partial charge in [-0.15, -0.1) is 23.1 Å². The Hall–Kier alpha value is -0.480. The zero-order valence-corrected chi connectivity index (χ0v) is 13.7. The molecule has 1 unspecified atom stereocenters. The molecule has 0 aliphatic heterocycles. The quantitative estimate of drug-likeness (QED) is 0.602. The summed E-state index contributed by atoms with van der Waals surface area (Å²) < 4.78 is 0.933. The van der Waals surface area contributed by atoms with Crippen LogP contribution in [0, 0.1) is 0 Å². The van der Waals surface area contributed by atoms with Crippen molar-refractivity contribution < 1.29 is 0 Å². The fourth-order valence-corrected chi connectivity index (χ4v) is 4.84. The van der Waals surface area contributed by atoms with Gasteiger partial charge in [0.15, 0.2) is 0 Å². The van der Waals surface area contributed by atoms with Crippen molar-refractivity contribution in [1.29, 1.82) is 0 Å². The fourth-order valence-electron chi connectivity index (χ4n) is 2.65. The lowest BCUT2D eigenvalue weighted by molar-refractivity contribution is 0.478. The van der Waals surface area contributed by atoms with Gasteiger partial charge in [-0.25, -0.2) is 0 Å². The maximum atomic E-state index is 6.14. The number of nitrogens with one attached hydrogen (secondary N) is 1. The van der Waals surface area contributed by atoms with Crippen molar-refractivity contribution in [2.45, 2.75) is 30.2 Å². The predicted molar refractivity (Wildman–Crippen MR) is 90.2 cm³/mol. The van der Waals surface area contributed by atoms with Crippen LogP contribution in [-0.4, -0.2) is 12.3 Å². The Labute approximate surface area is 133 Å². The minimum atomic E-state index is 0.499. The second-order valence-corrected chi connectivity index (χ2v) is 7.93. The van der Waals surface area contributed by atoms with Crippen molar-refractivity contribution in [3.05, 3.63) is 51.2 Å². The highest BCUT2D eigenvalue weighted by Crippen LogP contribution is 2.37. The summed E-state index contributed by atoms with van der Waals surface area (Å²) in [6.07, 6.45) is 3.70. The third kappa shape index (κ3) is 3.59. The van der Waals surface area contributed by atoms with Gasteiger partial charge >= 0.3 is 0 Å². The maximum absolute atomic E-state index is 6.14. The van der Waals surface area contributed by atoms with Gasteiger partial charge in [-0.1, -0.05) is 29.8 Å². The number of hydrogen-bond acceptors (Lipinski definition) is 3. The molecule has 0 radical (unpaired) electrons. The largest absolute Gasteiger partial charge is 0.309 e. The first-order valence-electron chi connectivity index (χ1n) is 7.02. The van der Waals surface area contributed by atoms with Crippen molar-refractivity contribution >= 4 is 34.7 Å². The monoisotopic (exact) mass is 323 g/mol. The summed E-state index contributed by atoms with van der Waals surface area (Å²) in [6, 6.07) is 13.2. The molecule has 4 heteroatoms. The number of hydrogen-bond donors (Lipinski definition) is 1. The van der Waals surface area contributed by atoms with Gasteiger partial charge < -0.3 is 5.32 Å². The van der Waals surface area contributed by atoms with Crippen LogP contribution in [0.25, 0.3) is 0 Å². The molecule has 1 atom stereocenters. The summed E-state index contributed by atoms with van der Waals surface area (Å²) in [7, 11) is 0. The van der Waals surface area contributed by atoms with Crippen LogP contribution in [0.1, 0.15) is 29.3 Å². The predicted octanol–water partition coefficient (Wildman–Crippen LogP) is 5.16. The van der Waals surface area contributed by atoms with Crippen LogP contribution in [0.3, 0.4) is 0 Å². The SMILES string of the molecule is Clc1cc2c(s1)CCCC2NCCSc1ccccc1. The lowest BCUT2D eigenvalue weighted by atomic mass is 9.94. The van der Waals surface area contributed by atoms with Crippen LogP contribution in [0.4, 0.5) is 0 Å². The Kier molecular flexibility index (Phi) is 5.05. The van der Waals surface area contributed by atoms with E-state index in [1.165, 1.54) is 34.6 Å². The summed E-state index contributed by atoms with van der Waals surface area (Å²) in [4.78, 5) is 2.83. The van der Waals surface area contributed by atoms with Crippen LogP contribution in [0.2, 0.25) is 4.34 Å². The van der Waals surface area contributed by atoms with Gasteiger partial charge in [-0.05, 0) is 43.0 Å². The van der Waals surface area contributed by atoms with Gasteiger partial charge in [0.25, 0.3) is 0 Å². The number of rotatable bonds is 5. The summed E-state index contributed by atoms with van der Waals surface area (Å²) in [5.74, 6) is 1.10. The number of halogens is 1. The molecule has 1 aromatic carbocycles. The van der Waals surface area contributed by atoms with Crippen LogP contribution >= 0.6 is 34.7 Å². The zero-order chi connectivity index (χ0) is 13.8. The second kappa shape index (κ2) is 6.99. The Balaban J connectivity index is 1.50. The van der Waals surface area contributed by atoms with E-state index in [2.05, 4.69) is 41.7 Å². The highest BCUT2D eigenvalue weighted by Gasteiger charge is 2.21. The number of thiophene rings is 1. The lowest BCUT2D eigenvalue weighted by Gasteiger charge is -2.23. The van der Waals surface area contributed by atoms with Crippen molar-refractivity contribution in [2.75, 3.05) is 12.3 Å². The molecule has 0 amide bonds. The molecule has 20 heavy (non-hydrogen) atoms. The van der Waals surface area contributed by atoms with Crippen LogP contribution < -0.4 is 5.32 Å². The highest BCUT2D eigenvalue weighted by molar-refractivity contribution is 7.99. The van der Waals surface area contributed by atoms with E-state index in [0.717, 1.165) is 16.6 Å². The summed E-state index contributed by atoms with van der Waals surface area (Å²) in [5, 5.41) is 3.69. The molecule has 1 aromatic heterocycles. The van der Waals surface area contributed by atoms with Crippen molar-refractivity contribution in [3.63, 3.8) is 0 Å². The number of benzene rings is 1. The number of aryl methyl sites for hydroxylation is 1. The highest BCUT2D eigenvalue weighted by atomic mass is 35.5. The van der Waals surface area contributed by atoms with Crippen LogP contribution in [-0.2, 0) is 6.42 Å². The molecular formula is C16H18ClNS2. The minimum Gasteiger partial charge on any atom is -0.309 e. The van der Waals surface area contributed by atoms with E-state index < -0.39 is 0 Å². The topological polar surface area (TPSA) is 12.0 Å². The molecule has 2 aromatic rings. The van der Waals surface area contributed by atoms with Crippen molar-refractivity contribution in [1.82, 2.24) is 5.32 Å². The van der Waals surface area contributed by atoms with Gasteiger partial charge in [-0.3, -0.25) is 0 Å². The molecule has 0 saturated carbocycles. The van der Waals surface area contributed by atoms with E-state index in [-0.39, 0.29) is 0 Å². The molecule has 1 aliphatic carbocycles. The Morgan fingerprint density at radius 3 is 3.00 bits per heavy atom. The smallest absolute Gasteiger partial charge is 0.0934 e.